The molecule has 0 spiro atoms. The molecule has 0 unspecified atom stereocenters. The van der Waals surface area contributed by atoms with Gasteiger partial charge in [-0.3, -0.25) is 4.79 Å². The molecule has 0 saturated heterocycles. The topological polar surface area (TPSA) is 46.6 Å². The number of rotatable bonds is 3. The van der Waals surface area contributed by atoms with E-state index in [2.05, 4.69) is 4.85 Å². The Morgan fingerprint density at radius 2 is 1.74 bits per heavy atom. The van der Waals surface area contributed by atoms with Crippen LogP contribution in [0.15, 0.2) is 71.7 Å². The molecule has 0 atom stereocenters. The van der Waals surface area contributed by atoms with E-state index >= 15 is 0 Å². The van der Waals surface area contributed by atoms with Crippen molar-refractivity contribution in [3.05, 3.63) is 94.2 Å². The SMILES string of the molecule is [C-]#[N+]c1ccccc1-c1ccc(Cn2cccc(O)c2=O)cc1. The highest BCUT2D eigenvalue weighted by Crippen LogP contribution is 2.30. The Morgan fingerprint density at radius 1 is 1.00 bits per heavy atom. The first kappa shape index (κ1) is 14.6. The van der Waals surface area contributed by atoms with Crippen LogP contribution in [0.25, 0.3) is 16.0 Å². The maximum Gasteiger partial charge on any atom is 0.292 e. The summed E-state index contributed by atoms with van der Waals surface area (Å²) in [5.41, 5.74) is 3.01. The van der Waals surface area contributed by atoms with Gasteiger partial charge in [0.05, 0.1) is 13.1 Å². The van der Waals surface area contributed by atoms with E-state index in [1.165, 1.54) is 10.6 Å². The van der Waals surface area contributed by atoms with Crippen LogP contribution in [0, 0.1) is 6.57 Å². The van der Waals surface area contributed by atoms with Gasteiger partial charge in [-0.15, -0.1) is 0 Å². The summed E-state index contributed by atoms with van der Waals surface area (Å²) in [7, 11) is 0. The van der Waals surface area contributed by atoms with Crippen molar-refractivity contribution >= 4 is 5.69 Å². The molecule has 0 fully saturated rings. The molecule has 3 aromatic rings. The summed E-state index contributed by atoms with van der Waals surface area (Å²) in [6.45, 7) is 7.62. The molecule has 0 aliphatic heterocycles. The Labute approximate surface area is 133 Å². The van der Waals surface area contributed by atoms with Crippen molar-refractivity contribution in [1.82, 2.24) is 4.57 Å². The second-order valence-electron chi connectivity index (χ2n) is 5.15. The minimum atomic E-state index is -0.407. The molecule has 23 heavy (non-hydrogen) atoms. The molecule has 1 heterocycles. The smallest absolute Gasteiger partial charge is 0.292 e. The average Bonchev–Trinajstić information content (AvgIpc) is 2.59. The maximum absolute atomic E-state index is 11.8. The van der Waals surface area contributed by atoms with Crippen LogP contribution < -0.4 is 5.56 Å². The summed E-state index contributed by atoms with van der Waals surface area (Å²) >= 11 is 0. The second kappa shape index (κ2) is 6.20. The van der Waals surface area contributed by atoms with E-state index in [1.807, 2.05) is 42.5 Å². The molecule has 112 valence electrons. The molecule has 0 aliphatic carbocycles. The zero-order valence-corrected chi connectivity index (χ0v) is 12.3. The molecule has 0 aliphatic rings. The van der Waals surface area contributed by atoms with Gasteiger partial charge < -0.3 is 9.67 Å². The lowest BCUT2D eigenvalue weighted by atomic mass is 10.0. The summed E-state index contributed by atoms with van der Waals surface area (Å²) in [4.78, 5) is 15.4. The van der Waals surface area contributed by atoms with E-state index in [4.69, 9.17) is 6.57 Å². The number of pyridine rings is 1. The fraction of sp³-hybridized carbons (Fsp3) is 0.0526. The number of para-hydroxylation sites is 1. The molecule has 1 N–H and O–H groups in total. The number of aromatic hydroxyl groups is 1. The van der Waals surface area contributed by atoms with Crippen LogP contribution in [0.3, 0.4) is 0 Å². The fourth-order valence-corrected chi connectivity index (χ4v) is 2.45. The van der Waals surface area contributed by atoms with Gasteiger partial charge in [-0.05, 0) is 28.8 Å². The van der Waals surface area contributed by atoms with Gasteiger partial charge in [-0.2, -0.15) is 0 Å². The van der Waals surface area contributed by atoms with Gasteiger partial charge in [0, 0.05) is 6.20 Å². The normalized spacial score (nSPS) is 10.2. The third-order valence-corrected chi connectivity index (χ3v) is 3.64. The van der Waals surface area contributed by atoms with Crippen molar-refractivity contribution < 1.29 is 5.11 Å². The molecule has 1 aromatic heterocycles. The summed E-state index contributed by atoms with van der Waals surface area (Å²) in [5.74, 6) is -0.255. The lowest BCUT2D eigenvalue weighted by Gasteiger charge is -2.08. The lowest BCUT2D eigenvalue weighted by Crippen LogP contribution is -2.18. The van der Waals surface area contributed by atoms with Crippen LogP contribution in [0.1, 0.15) is 5.56 Å². The molecule has 0 saturated carbocycles. The molecular formula is C19H14N2O2. The zero-order valence-electron chi connectivity index (χ0n) is 12.3. The second-order valence-corrected chi connectivity index (χ2v) is 5.15. The van der Waals surface area contributed by atoms with Gasteiger partial charge in [0.25, 0.3) is 5.56 Å². The van der Waals surface area contributed by atoms with Gasteiger partial charge in [0.2, 0.25) is 0 Å². The first-order valence-electron chi connectivity index (χ1n) is 7.13. The summed E-state index contributed by atoms with van der Waals surface area (Å²) < 4.78 is 1.46. The molecule has 2 aromatic carbocycles. The van der Waals surface area contributed by atoms with Crippen LogP contribution in [-0.2, 0) is 6.54 Å². The van der Waals surface area contributed by atoms with Crippen molar-refractivity contribution in [1.29, 1.82) is 0 Å². The Kier molecular flexibility index (Phi) is 3.94. The largest absolute Gasteiger partial charge is 0.503 e. The Balaban J connectivity index is 1.90. The Hall–Kier alpha value is -3.32. The van der Waals surface area contributed by atoms with Gasteiger partial charge in [0.15, 0.2) is 11.4 Å². The van der Waals surface area contributed by atoms with E-state index in [9.17, 15) is 9.90 Å². The van der Waals surface area contributed by atoms with Gasteiger partial charge in [-0.1, -0.05) is 48.5 Å². The van der Waals surface area contributed by atoms with Crippen LogP contribution >= 0.6 is 0 Å². The lowest BCUT2D eigenvalue weighted by molar-refractivity contribution is 0.459. The van der Waals surface area contributed by atoms with Crippen LogP contribution in [0.2, 0.25) is 0 Å². The van der Waals surface area contributed by atoms with E-state index < -0.39 is 5.56 Å². The van der Waals surface area contributed by atoms with Crippen molar-refractivity contribution in [2.45, 2.75) is 6.54 Å². The number of hydrogen-bond acceptors (Lipinski definition) is 2. The van der Waals surface area contributed by atoms with E-state index in [0.717, 1.165) is 16.7 Å². The highest BCUT2D eigenvalue weighted by atomic mass is 16.3. The highest BCUT2D eigenvalue weighted by Gasteiger charge is 2.05. The predicted molar refractivity (Wildman–Crippen MR) is 89.6 cm³/mol. The molecule has 3 rings (SSSR count). The van der Waals surface area contributed by atoms with E-state index in [0.29, 0.717) is 12.2 Å². The van der Waals surface area contributed by atoms with Crippen LogP contribution in [0.5, 0.6) is 5.75 Å². The summed E-state index contributed by atoms with van der Waals surface area (Å²) in [5, 5.41) is 9.47. The number of benzene rings is 2. The van der Waals surface area contributed by atoms with Crippen molar-refractivity contribution in [2.24, 2.45) is 0 Å². The van der Waals surface area contributed by atoms with Crippen molar-refractivity contribution in [3.63, 3.8) is 0 Å². The standard InChI is InChI=1S/C19H14N2O2/c1-20-17-6-3-2-5-16(17)15-10-8-14(9-11-15)13-21-12-4-7-18(22)19(21)23/h2-12,22H,13H2. The van der Waals surface area contributed by atoms with Gasteiger partial charge in [0.1, 0.15) is 0 Å². The first-order chi connectivity index (χ1) is 11.2. The first-order valence-corrected chi connectivity index (χ1v) is 7.13. The number of aromatic nitrogens is 1. The molecule has 4 heteroatoms. The van der Waals surface area contributed by atoms with E-state index in [-0.39, 0.29) is 5.75 Å². The molecule has 4 nitrogen and oxygen atoms in total. The third-order valence-electron chi connectivity index (χ3n) is 3.64. The number of nitrogens with zero attached hydrogens (tertiary/aromatic N) is 2. The van der Waals surface area contributed by atoms with Crippen LogP contribution in [0.4, 0.5) is 5.69 Å². The molecule has 0 amide bonds. The van der Waals surface area contributed by atoms with Crippen LogP contribution in [-0.4, -0.2) is 9.67 Å². The minimum Gasteiger partial charge on any atom is -0.503 e. The van der Waals surface area contributed by atoms with E-state index in [1.54, 1.807) is 18.3 Å². The van der Waals surface area contributed by atoms with Gasteiger partial charge >= 0.3 is 0 Å². The number of hydrogen-bond donors (Lipinski definition) is 1. The maximum atomic E-state index is 11.8. The average molecular weight is 302 g/mol. The minimum absolute atomic E-state index is 0.255. The Morgan fingerprint density at radius 3 is 2.48 bits per heavy atom. The fourth-order valence-electron chi connectivity index (χ4n) is 2.45. The molecular weight excluding hydrogens is 288 g/mol. The quantitative estimate of drug-likeness (QED) is 0.748. The molecule has 0 bridgehead atoms. The Bertz CT molecular complexity index is 935. The predicted octanol–water partition coefficient (Wildman–Crippen LogP) is 3.82. The van der Waals surface area contributed by atoms with Crippen molar-refractivity contribution in [2.75, 3.05) is 0 Å². The monoisotopic (exact) mass is 302 g/mol. The third kappa shape index (κ3) is 2.99. The highest BCUT2D eigenvalue weighted by molar-refractivity contribution is 5.78. The summed E-state index contributed by atoms with van der Waals surface area (Å²) in [6.07, 6.45) is 1.64. The van der Waals surface area contributed by atoms with Crippen molar-refractivity contribution in [3.8, 4) is 16.9 Å². The summed E-state index contributed by atoms with van der Waals surface area (Å²) in [6, 6.07) is 18.2. The zero-order chi connectivity index (χ0) is 16.2. The van der Waals surface area contributed by atoms with Gasteiger partial charge in [-0.25, -0.2) is 4.85 Å². The molecule has 0 radical (unpaired) electrons.